The minimum absolute atomic E-state index is 0.469. The number of nitrogen functional groups attached to an aromatic ring is 1. The van der Waals surface area contributed by atoms with Crippen molar-refractivity contribution in [2.45, 2.75) is 19.8 Å². The number of hydrogen-bond acceptors (Lipinski definition) is 2. The molecule has 2 nitrogen and oxygen atoms in total. The van der Waals surface area contributed by atoms with E-state index in [0.29, 0.717) is 5.92 Å². The number of anilines is 1. The van der Waals surface area contributed by atoms with E-state index in [4.69, 9.17) is 5.73 Å². The van der Waals surface area contributed by atoms with Crippen molar-refractivity contribution in [1.82, 2.24) is 4.98 Å². The molecule has 0 saturated carbocycles. The van der Waals surface area contributed by atoms with Crippen molar-refractivity contribution < 1.29 is 0 Å². The summed E-state index contributed by atoms with van der Waals surface area (Å²) in [6, 6.07) is 9.95. The molecule has 2 N–H and O–H groups in total. The van der Waals surface area contributed by atoms with Crippen molar-refractivity contribution in [2.75, 3.05) is 5.73 Å². The minimum Gasteiger partial charge on any atom is -0.399 e. The SMILES string of the molecule is CC(C)c1ccc2cc(N)ccc2n1. The average molecular weight is 186 g/mol. The zero-order valence-electron chi connectivity index (χ0n) is 8.49. The summed E-state index contributed by atoms with van der Waals surface area (Å²) in [6.07, 6.45) is 0. The second-order valence-electron chi connectivity index (χ2n) is 3.84. The average Bonchev–Trinajstić information content (AvgIpc) is 2.16. The molecule has 14 heavy (non-hydrogen) atoms. The molecule has 0 radical (unpaired) electrons. The lowest BCUT2D eigenvalue weighted by Gasteiger charge is -2.05. The Morgan fingerprint density at radius 1 is 1.14 bits per heavy atom. The number of aromatic nitrogens is 1. The third-order valence-corrected chi connectivity index (χ3v) is 2.33. The maximum absolute atomic E-state index is 5.69. The number of hydrogen-bond donors (Lipinski definition) is 1. The van der Waals surface area contributed by atoms with Crippen LogP contribution in [0, 0.1) is 0 Å². The second kappa shape index (κ2) is 3.29. The summed E-state index contributed by atoms with van der Waals surface area (Å²) in [4.78, 5) is 4.56. The number of rotatable bonds is 1. The van der Waals surface area contributed by atoms with Gasteiger partial charge in [0.15, 0.2) is 0 Å². The van der Waals surface area contributed by atoms with Gasteiger partial charge in [0.1, 0.15) is 0 Å². The lowest BCUT2D eigenvalue weighted by molar-refractivity contribution is 0.830. The quantitative estimate of drug-likeness (QED) is 0.695. The number of nitrogens with zero attached hydrogens (tertiary/aromatic N) is 1. The number of nitrogens with two attached hydrogens (primary N) is 1. The van der Waals surface area contributed by atoms with Crippen LogP contribution in [0.2, 0.25) is 0 Å². The lowest BCUT2D eigenvalue weighted by Crippen LogP contribution is -1.93. The molecule has 0 amide bonds. The fourth-order valence-corrected chi connectivity index (χ4v) is 1.48. The van der Waals surface area contributed by atoms with E-state index in [2.05, 4.69) is 31.0 Å². The zero-order chi connectivity index (χ0) is 10.1. The van der Waals surface area contributed by atoms with E-state index in [0.717, 1.165) is 22.3 Å². The predicted octanol–water partition coefficient (Wildman–Crippen LogP) is 2.94. The molecule has 0 spiro atoms. The van der Waals surface area contributed by atoms with Crippen LogP contribution in [0.1, 0.15) is 25.5 Å². The fourth-order valence-electron chi connectivity index (χ4n) is 1.48. The number of benzene rings is 1. The van der Waals surface area contributed by atoms with Gasteiger partial charge in [0, 0.05) is 16.8 Å². The monoisotopic (exact) mass is 186 g/mol. The van der Waals surface area contributed by atoms with Gasteiger partial charge in [0.2, 0.25) is 0 Å². The van der Waals surface area contributed by atoms with Crippen molar-refractivity contribution in [3.8, 4) is 0 Å². The van der Waals surface area contributed by atoms with E-state index in [9.17, 15) is 0 Å². The first-order chi connectivity index (χ1) is 6.66. The smallest absolute Gasteiger partial charge is 0.0706 e. The summed E-state index contributed by atoms with van der Waals surface area (Å²) in [5, 5.41) is 1.11. The molecule has 0 aliphatic rings. The van der Waals surface area contributed by atoms with Gasteiger partial charge in [-0.2, -0.15) is 0 Å². The molecule has 0 unspecified atom stereocenters. The van der Waals surface area contributed by atoms with Crippen molar-refractivity contribution in [2.24, 2.45) is 0 Å². The Kier molecular flexibility index (Phi) is 2.12. The molecule has 2 rings (SSSR count). The molecule has 72 valence electrons. The number of pyridine rings is 1. The van der Waals surface area contributed by atoms with E-state index >= 15 is 0 Å². The van der Waals surface area contributed by atoms with Crippen LogP contribution in [0.25, 0.3) is 10.9 Å². The van der Waals surface area contributed by atoms with Crippen LogP contribution in [0.3, 0.4) is 0 Å². The van der Waals surface area contributed by atoms with Gasteiger partial charge in [0.25, 0.3) is 0 Å². The molecule has 0 saturated heterocycles. The summed E-state index contributed by atoms with van der Waals surface area (Å²) in [5.41, 5.74) is 8.63. The van der Waals surface area contributed by atoms with Crippen LogP contribution in [0.4, 0.5) is 5.69 Å². The van der Waals surface area contributed by atoms with Gasteiger partial charge in [-0.05, 0) is 30.2 Å². The third kappa shape index (κ3) is 1.55. The van der Waals surface area contributed by atoms with E-state index < -0.39 is 0 Å². The Labute approximate surface area is 83.8 Å². The summed E-state index contributed by atoms with van der Waals surface area (Å²) >= 11 is 0. The summed E-state index contributed by atoms with van der Waals surface area (Å²) in [6.45, 7) is 4.29. The van der Waals surface area contributed by atoms with Crippen LogP contribution in [0.15, 0.2) is 30.3 Å². The summed E-state index contributed by atoms with van der Waals surface area (Å²) in [7, 11) is 0. The Morgan fingerprint density at radius 2 is 1.93 bits per heavy atom. The highest BCUT2D eigenvalue weighted by Crippen LogP contribution is 2.19. The van der Waals surface area contributed by atoms with Crippen molar-refractivity contribution in [3.05, 3.63) is 36.0 Å². The zero-order valence-corrected chi connectivity index (χ0v) is 8.49. The highest BCUT2D eigenvalue weighted by atomic mass is 14.7. The van der Waals surface area contributed by atoms with E-state index in [1.165, 1.54) is 0 Å². The van der Waals surface area contributed by atoms with Crippen molar-refractivity contribution in [3.63, 3.8) is 0 Å². The third-order valence-electron chi connectivity index (χ3n) is 2.33. The molecule has 0 aliphatic carbocycles. The maximum atomic E-state index is 5.69. The van der Waals surface area contributed by atoms with Crippen LogP contribution < -0.4 is 5.73 Å². The van der Waals surface area contributed by atoms with Crippen LogP contribution in [0.5, 0.6) is 0 Å². The van der Waals surface area contributed by atoms with Gasteiger partial charge in [-0.1, -0.05) is 19.9 Å². The molecule has 1 heterocycles. The first kappa shape index (κ1) is 9.00. The lowest BCUT2D eigenvalue weighted by atomic mass is 10.1. The Hall–Kier alpha value is -1.57. The van der Waals surface area contributed by atoms with Crippen molar-refractivity contribution in [1.29, 1.82) is 0 Å². The van der Waals surface area contributed by atoms with Gasteiger partial charge >= 0.3 is 0 Å². The fraction of sp³-hybridized carbons (Fsp3) is 0.250. The normalized spacial score (nSPS) is 11.1. The Balaban J connectivity index is 2.62. The maximum Gasteiger partial charge on any atom is 0.0706 e. The number of fused-ring (bicyclic) bond motifs is 1. The van der Waals surface area contributed by atoms with Crippen LogP contribution in [-0.4, -0.2) is 4.98 Å². The van der Waals surface area contributed by atoms with E-state index in [1.54, 1.807) is 0 Å². The van der Waals surface area contributed by atoms with Gasteiger partial charge in [-0.3, -0.25) is 4.98 Å². The molecule has 0 fully saturated rings. The molecule has 0 aliphatic heterocycles. The summed E-state index contributed by atoms with van der Waals surface area (Å²) in [5.74, 6) is 0.469. The summed E-state index contributed by atoms with van der Waals surface area (Å²) < 4.78 is 0. The highest BCUT2D eigenvalue weighted by molar-refractivity contribution is 5.81. The topological polar surface area (TPSA) is 38.9 Å². The first-order valence-electron chi connectivity index (χ1n) is 4.83. The molecular weight excluding hydrogens is 172 g/mol. The van der Waals surface area contributed by atoms with Crippen LogP contribution >= 0.6 is 0 Å². The molecule has 1 aromatic heterocycles. The largest absolute Gasteiger partial charge is 0.399 e. The molecule has 2 aromatic rings. The van der Waals surface area contributed by atoms with E-state index in [-0.39, 0.29) is 0 Å². The van der Waals surface area contributed by atoms with Gasteiger partial charge in [-0.25, -0.2) is 0 Å². The molecule has 1 aromatic carbocycles. The molecule has 0 atom stereocenters. The molecule has 0 bridgehead atoms. The second-order valence-corrected chi connectivity index (χ2v) is 3.84. The Bertz CT molecular complexity index is 461. The molecular formula is C12H14N2. The highest BCUT2D eigenvalue weighted by Gasteiger charge is 2.02. The standard InChI is InChI=1S/C12H14N2/c1-8(2)11-5-3-9-7-10(13)4-6-12(9)14-11/h3-8H,13H2,1-2H3. The predicted molar refractivity (Wildman–Crippen MR) is 60.2 cm³/mol. The van der Waals surface area contributed by atoms with Crippen molar-refractivity contribution >= 4 is 16.6 Å². The Morgan fingerprint density at radius 3 is 2.64 bits per heavy atom. The van der Waals surface area contributed by atoms with E-state index in [1.807, 2.05) is 18.2 Å². The van der Waals surface area contributed by atoms with Gasteiger partial charge < -0.3 is 5.73 Å². The molecule has 2 heteroatoms. The van der Waals surface area contributed by atoms with Gasteiger partial charge in [-0.15, -0.1) is 0 Å². The van der Waals surface area contributed by atoms with Crippen LogP contribution in [-0.2, 0) is 0 Å². The minimum atomic E-state index is 0.469. The van der Waals surface area contributed by atoms with Gasteiger partial charge in [0.05, 0.1) is 5.52 Å². The first-order valence-corrected chi connectivity index (χ1v) is 4.83.